The number of fused-ring (bicyclic) bond motifs is 1. The molecule has 0 atom stereocenters. The van der Waals surface area contributed by atoms with Gasteiger partial charge in [-0.15, -0.1) is 0 Å². The quantitative estimate of drug-likeness (QED) is 0.916. The van der Waals surface area contributed by atoms with Gasteiger partial charge in [0.2, 0.25) is 0 Å². The zero-order chi connectivity index (χ0) is 13.8. The molecule has 0 spiro atoms. The molecule has 0 unspecified atom stereocenters. The van der Waals surface area contributed by atoms with Crippen LogP contribution in [0, 0.1) is 0 Å². The third-order valence-electron chi connectivity index (χ3n) is 4.43. The molecule has 1 amide bonds. The molecule has 0 saturated heterocycles. The largest absolute Gasteiger partial charge is 0.483 e. The van der Waals surface area contributed by atoms with E-state index in [-0.39, 0.29) is 12.5 Å². The van der Waals surface area contributed by atoms with Gasteiger partial charge < -0.3 is 10.1 Å². The van der Waals surface area contributed by atoms with E-state index in [1.165, 1.54) is 36.8 Å². The number of amides is 1. The zero-order valence-corrected chi connectivity index (χ0v) is 12.0. The molecule has 2 aliphatic carbocycles. The molecule has 1 N–H and O–H groups in total. The summed E-state index contributed by atoms with van der Waals surface area (Å²) in [5, 5.41) is 3.07. The van der Waals surface area contributed by atoms with Gasteiger partial charge in [-0.2, -0.15) is 0 Å². The molecule has 0 aliphatic heterocycles. The van der Waals surface area contributed by atoms with Crippen LogP contribution in [0.4, 0.5) is 0 Å². The minimum Gasteiger partial charge on any atom is -0.483 e. The number of ether oxygens (including phenoxy) is 1. The first-order chi connectivity index (χ1) is 9.83. The Bertz CT molecular complexity index is 478. The lowest BCUT2D eigenvalue weighted by Gasteiger charge is -2.19. The Labute approximate surface area is 120 Å². The summed E-state index contributed by atoms with van der Waals surface area (Å²) in [5.74, 6) is 0.925. The van der Waals surface area contributed by atoms with Crippen molar-refractivity contribution in [2.24, 2.45) is 0 Å². The molecule has 0 heterocycles. The van der Waals surface area contributed by atoms with Gasteiger partial charge >= 0.3 is 0 Å². The van der Waals surface area contributed by atoms with Crippen LogP contribution in [0.25, 0.3) is 0 Å². The van der Waals surface area contributed by atoms with Crippen LogP contribution < -0.4 is 10.1 Å². The molecule has 1 saturated carbocycles. The van der Waals surface area contributed by atoms with Crippen LogP contribution in [0.1, 0.15) is 49.7 Å². The van der Waals surface area contributed by atoms with Gasteiger partial charge in [-0.1, -0.05) is 25.0 Å². The Hall–Kier alpha value is -1.51. The van der Waals surface area contributed by atoms with Gasteiger partial charge in [0.15, 0.2) is 6.61 Å². The van der Waals surface area contributed by atoms with E-state index in [0.29, 0.717) is 6.04 Å². The number of carbonyl (C=O) groups excluding carboxylic acids is 1. The molecule has 0 bridgehead atoms. The average Bonchev–Trinajstić information content (AvgIpc) is 2.98. The van der Waals surface area contributed by atoms with Crippen LogP contribution in [0.5, 0.6) is 5.75 Å². The fourth-order valence-electron chi connectivity index (χ4n) is 3.36. The molecule has 20 heavy (non-hydrogen) atoms. The van der Waals surface area contributed by atoms with E-state index in [4.69, 9.17) is 4.74 Å². The molecule has 1 aromatic carbocycles. The minimum atomic E-state index is 0.0188. The fourth-order valence-corrected chi connectivity index (χ4v) is 3.36. The maximum atomic E-state index is 11.9. The molecule has 1 aromatic rings. The van der Waals surface area contributed by atoms with E-state index in [1.807, 2.05) is 12.1 Å². The van der Waals surface area contributed by atoms with Gasteiger partial charge in [0.05, 0.1) is 0 Å². The Morgan fingerprint density at radius 1 is 1.15 bits per heavy atom. The highest BCUT2D eigenvalue weighted by Gasteiger charge is 2.18. The minimum absolute atomic E-state index is 0.0188. The zero-order valence-electron chi connectivity index (χ0n) is 12.0. The number of nitrogens with one attached hydrogen (secondary N) is 1. The predicted molar refractivity (Wildman–Crippen MR) is 79.0 cm³/mol. The lowest BCUT2D eigenvalue weighted by Crippen LogP contribution is -2.36. The number of carbonyl (C=O) groups is 1. The maximum absolute atomic E-state index is 11.9. The average molecular weight is 273 g/mol. The van der Waals surface area contributed by atoms with Gasteiger partial charge in [0.25, 0.3) is 5.91 Å². The van der Waals surface area contributed by atoms with Gasteiger partial charge in [0, 0.05) is 6.04 Å². The summed E-state index contributed by atoms with van der Waals surface area (Å²) in [6.45, 7) is 0.146. The van der Waals surface area contributed by atoms with E-state index in [1.54, 1.807) is 0 Å². The summed E-state index contributed by atoms with van der Waals surface area (Å²) < 4.78 is 5.76. The first-order valence-electron chi connectivity index (χ1n) is 7.86. The molecule has 3 heteroatoms. The first kappa shape index (κ1) is 13.5. The molecule has 0 radical (unpaired) electrons. The predicted octanol–water partition coefficient (Wildman–Crippen LogP) is 3.00. The van der Waals surface area contributed by atoms with E-state index in [9.17, 15) is 4.79 Å². The van der Waals surface area contributed by atoms with E-state index in [0.717, 1.165) is 31.4 Å². The number of aryl methyl sites for hydroxylation is 1. The normalized spacial score (nSPS) is 18.6. The Kier molecular flexibility index (Phi) is 4.24. The van der Waals surface area contributed by atoms with Crippen LogP contribution in [-0.4, -0.2) is 18.6 Å². The number of hydrogen-bond acceptors (Lipinski definition) is 2. The molecule has 3 nitrogen and oxygen atoms in total. The van der Waals surface area contributed by atoms with Crippen molar-refractivity contribution in [1.29, 1.82) is 0 Å². The second-order valence-electron chi connectivity index (χ2n) is 5.94. The highest BCUT2D eigenvalue weighted by Crippen LogP contribution is 2.29. The fraction of sp³-hybridized carbons (Fsp3) is 0.588. The molecule has 2 aliphatic rings. The van der Waals surface area contributed by atoms with E-state index in [2.05, 4.69) is 11.4 Å². The third kappa shape index (κ3) is 3.14. The molecule has 0 aromatic heterocycles. The summed E-state index contributed by atoms with van der Waals surface area (Å²) in [6, 6.07) is 6.58. The van der Waals surface area contributed by atoms with Crippen molar-refractivity contribution in [3.05, 3.63) is 29.3 Å². The maximum Gasteiger partial charge on any atom is 0.258 e. The topological polar surface area (TPSA) is 38.3 Å². The Morgan fingerprint density at radius 2 is 1.95 bits per heavy atom. The number of rotatable bonds is 4. The number of benzene rings is 1. The summed E-state index contributed by atoms with van der Waals surface area (Å²) in [7, 11) is 0. The summed E-state index contributed by atoms with van der Waals surface area (Å²) in [4.78, 5) is 11.9. The van der Waals surface area contributed by atoms with Crippen molar-refractivity contribution in [1.82, 2.24) is 5.32 Å². The molecule has 108 valence electrons. The van der Waals surface area contributed by atoms with Crippen molar-refractivity contribution in [2.45, 2.75) is 57.4 Å². The second kappa shape index (κ2) is 6.29. The van der Waals surface area contributed by atoms with Crippen LogP contribution in [0.15, 0.2) is 18.2 Å². The smallest absolute Gasteiger partial charge is 0.258 e. The highest BCUT2D eigenvalue weighted by atomic mass is 16.5. The van der Waals surface area contributed by atoms with Crippen molar-refractivity contribution < 1.29 is 9.53 Å². The van der Waals surface area contributed by atoms with Crippen molar-refractivity contribution >= 4 is 5.91 Å². The van der Waals surface area contributed by atoms with Crippen LogP contribution in [0.2, 0.25) is 0 Å². The Morgan fingerprint density at radius 3 is 2.80 bits per heavy atom. The molecule has 3 rings (SSSR count). The van der Waals surface area contributed by atoms with Gasteiger partial charge in [0.1, 0.15) is 5.75 Å². The monoisotopic (exact) mass is 273 g/mol. The van der Waals surface area contributed by atoms with Crippen molar-refractivity contribution in [3.8, 4) is 5.75 Å². The summed E-state index contributed by atoms with van der Waals surface area (Å²) >= 11 is 0. The standard InChI is InChI=1S/C17H23NO2/c19-17(18-14-8-2-3-9-14)12-20-16-11-5-7-13-6-1-4-10-15(13)16/h5,7,11,14H,1-4,6,8-10,12H2,(H,18,19). The molecular formula is C17H23NO2. The lowest BCUT2D eigenvalue weighted by atomic mass is 9.91. The van der Waals surface area contributed by atoms with Crippen molar-refractivity contribution in [2.75, 3.05) is 6.61 Å². The van der Waals surface area contributed by atoms with Gasteiger partial charge in [-0.25, -0.2) is 0 Å². The first-order valence-corrected chi connectivity index (χ1v) is 7.86. The van der Waals surface area contributed by atoms with Crippen LogP contribution in [0.3, 0.4) is 0 Å². The molecular weight excluding hydrogens is 250 g/mol. The van der Waals surface area contributed by atoms with Gasteiger partial charge in [-0.3, -0.25) is 4.79 Å². The van der Waals surface area contributed by atoms with Crippen LogP contribution in [-0.2, 0) is 17.6 Å². The lowest BCUT2D eigenvalue weighted by molar-refractivity contribution is -0.123. The van der Waals surface area contributed by atoms with Crippen molar-refractivity contribution in [3.63, 3.8) is 0 Å². The third-order valence-corrected chi connectivity index (χ3v) is 4.43. The number of hydrogen-bond donors (Lipinski definition) is 1. The summed E-state index contributed by atoms with van der Waals surface area (Å²) in [6.07, 6.45) is 9.41. The molecule has 1 fully saturated rings. The summed E-state index contributed by atoms with van der Waals surface area (Å²) in [5.41, 5.74) is 2.71. The SMILES string of the molecule is O=C(COc1cccc2c1CCCC2)NC1CCCC1. The highest BCUT2D eigenvalue weighted by molar-refractivity contribution is 5.77. The van der Waals surface area contributed by atoms with E-state index >= 15 is 0 Å². The Balaban J connectivity index is 1.56. The van der Waals surface area contributed by atoms with Crippen LogP contribution >= 0.6 is 0 Å². The van der Waals surface area contributed by atoms with Gasteiger partial charge in [-0.05, 0) is 55.7 Å². The second-order valence-corrected chi connectivity index (χ2v) is 5.94. The van der Waals surface area contributed by atoms with E-state index < -0.39 is 0 Å².